The van der Waals surface area contributed by atoms with Crippen molar-refractivity contribution in [2.75, 3.05) is 11.9 Å². The summed E-state index contributed by atoms with van der Waals surface area (Å²) in [5.41, 5.74) is 6.14. The van der Waals surface area contributed by atoms with Crippen LogP contribution in [0.25, 0.3) is 11.3 Å². The van der Waals surface area contributed by atoms with Gasteiger partial charge in [-0.1, -0.05) is 6.92 Å². The molecule has 184 valence electrons. The number of benzene rings is 1. The van der Waals surface area contributed by atoms with Gasteiger partial charge in [0.1, 0.15) is 34.6 Å². The quantitative estimate of drug-likeness (QED) is 0.486. The molecule has 1 amide bonds. The summed E-state index contributed by atoms with van der Waals surface area (Å²) in [4.78, 5) is 21.1. The zero-order valence-electron chi connectivity index (χ0n) is 19.5. The zero-order valence-corrected chi connectivity index (χ0v) is 19.5. The van der Waals surface area contributed by atoms with E-state index in [0.29, 0.717) is 11.6 Å². The highest BCUT2D eigenvalue weighted by molar-refractivity contribution is 6.03. The van der Waals surface area contributed by atoms with Crippen LogP contribution in [0.2, 0.25) is 0 Å². The van der Waals surface area contributed by atoms with Gasteiger partial charge in [-0.2, -0.15) is 0 Å². The van der Waals surface area contributed by atoms with Crippen LogP contribution in [-0.4, -0.2) is 28.5 Å². The van der Waals surface area contributed by atoms with Crippen molar-refractivity contribution in [2.45, 2.75) is 45.1 Å². The number of nitrogens with one attached hydrogen (secondary N) is 1. The minimum atomic E-state index is -1.05. The van der Waals surface area contributed by atoms with E-state index in [1.54, 1.807) is 13.1 Å². The highest BCUT2D eigenvalue weighted by Crippen LogP contribution is 2.38. The molecule has 1 aliphatic carbocycles. The van der Waals surface area contributed by atoms with Crippen molar-refractivity contribution in [2.24, 2.45) is 11.7 Å². The summed E-state index contributed by atoms with van der Waals surface area (Å²) in [5.74, 6) is -3.14. The standard InChI is InChI=1S/C26H27F3N4O2/c1-3-35-17-11-20(28)24(21(29)12-17)25-19(27)4-5-22(32-25)26(34)33-23-13-31-7-6-18(23)15-8-14(2)9-16(30)10-15/h4-7,11-16H,3,8-10,30H2,1-2H3,(H,33,34)/t14-,15+,16-/m0/s1. The number of hydrogen-bond donors (Lipinski definition) is 2. The minimum Gasteiger partial charge on any atom is -0.494 e. The maximum atomic E-state index is 14.7. The Bertz CT molecular complexity index is 1200. The molecule has 3 atom stereocenters. The largest absolute Gasteiger partial charge is 0.494 e. The van der Waals surface area contributed by atoms with E-state index in [1.807, 2.05) is 6.07 Å². The summed E-state index contributed by atoms with van der Waals surface area (Å²) in [6, 6.07) is 5.94. The number of nitrogens with two attached hydrogens (primary N) is 1. The molecule has 0 unspecified atom stereocenters. The van der Waals surface area contributed by atoms with Crippen molar-refractivity contribution < 1.29 is 22.7 Å². The highest BCUT2D eigenvalue weighted by Gasteiger charge is 2.28. The topological polar surface area (TPSA) is 90.1 Å². The van der Waals surface area contributed by atoms with Crippen LogP contribution >= 0.6 is 0 Å². The lowest BCUT2D eigenvalue weighted by Gasteiger charge is -2.32. The molecule has 0 saturated heterocycles. The molecule has 0 radical (unpaired) electrons. The van der Waals surface area contributed by atoms with E-state index >= 15 is 0 Å². The number of amides is 1. The van der Waals surface area contributed by atoms with Gasteiger partial charge in [-0.15, -0.1) is 0 Å². The Balaban J connectivity index is 1.63. The smallest absolute Gasteiger partial charge is 0.274 e. The average molecular weight is 485 g/mol. The van der Waals surface area contributed by atoms with Gasteiger partial charge in [0.15, 0.2) is 0 Å². The fraction of sp³-hybridized carbons (Fsp3) is 0.346. The Kier molecular flexibility index (Phi) is 7.35. The fourth-order valence-corrected chi connectivity index (χ4v) is 4.73. The van der Waals surface area contributed by atoms with E-state index in [-0.39, 0.29) is 30.0 Å². The van der Waals surface area contributed by atoms with Gasteiger partial charge in [-0.3, -0.25) is 9.78 Å². The van der Waals surface area contributed by atoms with Crippen molar-refractivity contribution in [1.29, 1.82) is 0 Å². The molecule has 1 aliphatic rings. The number of pyridine rings is 2. The monoisotopic (exact) mass is 484 g/mol. The van der Waals surface area contributed by atoms with Gasteiger partial charge in [0.2, 0.25) is 0 Å². The molecule has 2 heterocycles. The van der Waals surface area contributed by atoms with Crippen molar-refractivity contribution in [3.8, 4) is 17.0 Å². The molecule has 1 aromatic carbocycles. The first-order chi connectivity index (χ1) is 16.8. The number of aromatic nitrogens is 2. The van der Waals surface area contributed by atoms with Crippen molar-refractivity contribution in [1.82, 2.24) is 9.97 Å². The van der Waals surface area contributed by atoms with Crippen LogP contribution in [0.3, 0.4) is 0 Å². The molecule has 0 aliphatic heterocycles. The highest BCUT2D eigenvalue weighted by atomic mass is 19.1. The van der Waals surface area contributed by atoms with E-state index in [2.05, 4.69) is 22.2 Å². The van der Waals surface area contributed by atoms with Gasteiger partial charge < -0.3 is 15.8 Å². The third-order valence-corrected chi connectivity index (χ3v) is 6.16. The number of halogens is 3. The molecule has 4 rings (SSSR count). The van der Waals surface area contributed by atoms with Crippen molar-refractivity contribution >= 4 is 11.6 Å². The molecule has 1 saturated carbocycles. The number of hydrogen-bond acceptors (Lipinski definition) is 5. The lowest BCUT2D eigenvalue weighted by atomic mass is 9.76. The molecule has 0 spiro atoms. The Morgan fingerprint density at radius 1 is 1.11 bits per heavy atom. The molecule has 6 nitrogen and oxygen atoms in total. The first-order valence-corrected chi connectivity index (χ1v) is 11.6. The molecule has 35 heavy (non-hydrogen) atoms. The van der Waals surface area contributed by atoms with Crippen molar-refractivity contribution in [3.63, 3.8) is 0 Å². The predicted molar refractivity (Wildman–Crippen MR) is 127 cm³/mol. The second-order valence-corrected chi connectivity index (χ2v) is 8.91. The second-order valence-electron chi connectivity index (χ2n) is 8.91. The van der Waals surface area contributed by atoms with Crippen LogP contribution < -0.4 is 15.8 Å². The molecule has 9 heteroatoms. The summed E-state index contributed by atoms with van der Waals surface area (Å²) in [5, 5.41) is 2.77. The molecule has 3 aromatic rings. The van der Waals surface area contributed by atoms with E-state index in [1.165, 1.54) is 6.20 Å². The molecule has 3 N–H and O–H groups in total. The zero-order chi connectivity index (χ0) is 25.1. The second kappa shape index (κ2) is 10.4. The third-order valence-electron chi connectivity index (χ3n) is 6.16. The van der Waals surface area contributed by atoms with Crippen LogP contribution in [0.4, 0.5) is 18.9 Å². The molecule has 1 fully saturated rings. The molecule has 2 aromatic heterocycles. The van der Waals surface area contributed by atoms with Gasteiger partial charge in [0.05, 0.1) is 24.1 Å². The van der Waals surface area contributed by atoms with Crippen LogP contribution in [0.5, 0.6) is 5.75 Å². The molecular weight excluding hydrogens is 457 g/mol. The van der Waals surface area contributed by atoms with Gasteiger partial charge in [-0.05, 0) is 61.8 Å². The summed E-state index contributed by atoms with van der Waals surface area (Å²) < 4.78 is 49.0. The lowest BCUT2D eigenvalue weighted by Crippen LogP contribution is -2.31. The van der Waals surface area contributed by atoms with E-state index < -0.39 is 34.6 Å². The van der Waals surface area contributed by atoms with E-state index in [9.17, 15) is 18.0 Å². The number of carbonyl (C=O) groups is 1. The number of ether oxygens (including phenoxy) is 1. The summed E-state index contributed by atoms with van der Waals surface area (Å²) in [7, 11) is 0. The maximum Gasteiger partial charge on any atom is 0.274 e. The van der Waals surface area contributed by atoms with Crippen LogP contribution in [0, 0.1) is 23.4 Å². The van der Waals surface area contributed by atoms with Gasteiger partial charge in [-0.25, -0.2) is 18.2 Å². The van der Waals surface area contributed by atoms with Gasteiger partial charge in [0, 0.05) is 24.4 Å². The average Bonchev–Trinajstić information content (AvgIpc) is 2.79. The Labute approximate surface area is 201 Å². The fourth-order valence-electron chi connectivity index (χ4n) is 4.73. The number of rotatable bonds is 6. The Morgan fingerprint density at radius 2 is 1.86 bits per heavy atom. The Morgan fingerprint density at radius 3 is 2.54 bits per heavy atom. The lowest BCUT2D eigenvalue weighted by molar-refractivity contribution is 0.102. The van der Waals surface area contributed by atoms with Gasteiger partial charge in [0.25, 0.3) is 5.91 Å². The van der Waals surface area contributed by atoms with E-state index in [4.69, 9.17) is 10.5 Å². The molecular formula is C26H27F3N4O2. The van der Waals surface area contributed by atoms with Crippen LogP contribution in [0.1, 0.15) is 55.1 Å². The number of anilines is 1. The summed E-state index contributed by atoms with van der Waals surface area (Å²) in [6.45, 7) is 4.03. The first-order valence-electron chi connectivity index (χ1n) is 11.6. The minimum absolute atomic E-state index is 0.0265. The van der Waals surface area contributed by atoms with Crippen molar-refractivity contribution in [3.05, 3.63) is 71.4 Å². The van der Waals surface area contributed by atoms with E-state index in [0.717, 1.165) is 49.1 Å². The number of nitrogens with zero attached hydrogens (tertiary/aromatic N) is 2. The van der Waals surface area contributed by atoms with Crippen LogP contribution in [-0.2, 0) is 0 Å². The first kappa shape index (κ1) is 24.7. The molecule has 0 bridgehead atoms. The van der Waals surface area contributed by atoms with Crippen LogP contribution in [0.15, 0.2) is 42.7 Å². The third kappa shape index (κ3) is 5.45. The van der Waals surface area contributed by atoms with Gasteiger partial charge >= 0.3 is 0 Å². The normalized spacial score (nSPS) is 19.9. The summed E-state index contributed by atoms with van der Waals surface area (Å²) >= 11 is 0. The predicted octanol–water partition coefficient (Wildman–Crippen LogP) is 5.44. The summed E-state index contributed by atoms with van der Waals surface area (Å²) in [6.07, 6.45) is 5.85. The Hall–Kier alpha value is -3.46. The maximum absolute atomic E-state index is 14.7. The number of carbonyl (C=O) groups excluding carboxylic acids is 1. The SMILES string of the molecule is CCOc1cc(F)c(-c2nc(C(=O)Nc3cnccc3[C@@H]3C[C@H](C)C[C@H](N)C3)ccc2F)c(F)c1.